The SMILES string of the molecule is COc1ccc(CCNC(=NCC(=O)N(C)C)NC2CCN(CC3CCCC3)C2)cc1.I. The lowest BCUT2D eigenvalue weighted by molar-refractivity contribution is -0.127. The van der Waals surface area contributed by atoms with Crippen molar-refractivity contribution in [3.63, 3.8) is 0 Å². The summed E-state index contributed by atoms with van der Waals surface area (Å²) >= 11 is 0. The molecule has 2 fully saturated rings. The van der Waals surface area contributed by atoms with Gasteiger partial charge in [0, 0.05) is 46.3 Å². The van der Waals surface area contributed by atoms with Crippen LogP contribution in [0.4, 0.5) is 0 Å². The molecule has 1 heterocycles. The molecule has 8 heteroatoms. The number of guanidine groups is 1. The van der Waals surface area contributed by atoms with E-state index in [9.17, 15) is 4.79 Å². The van der Waals surface area contributed by atoms with Crippen LogP contribution >= 0.6 is 24.0 Å². The van der Waals surface area contributed by atoms with Crippen LogP contribution in [0.25, 0.3) is 0 Å². The minimum absolute atomic E-state index is 0. The Kier molecular flexibility index (Phi) is 11.6. The van der Waals surface area contributed by atoms with Gasteiger partial charge in [-0.3, -0.25) is 4.79 Å². The predicted octanol–water partition coefficient (Wildman–Crippen LogP) is 2.74. The zero-order valence-electron chi connectivity index (χ0n) is 19.8. The number of hydrogen-bond acceptors (Lipinski definition) is 4. The number of benzene rings is 1. The molecular weight excluding hydrogens is 517 g/mol. The number of aliphatic imine (C=N–C) groups is 1. The van der Waals surface area contributed by atoms with Crippen molar-refractivity contribution in [2.45, 2.75) is 44.6 Å². The van der Waals surface area contributed by atoms with Crippen molar-refractivity contribution in [1.29, 1.82) is 0 Å². The predicted molar refractivity (Wildman–Crippen MR) is 141 cm³/mol. The second-order valence-corrected chi connectivity index (χ2v) is 9.02. The highest BCUT2D eigenvalue weighted by Crippen LogP contribution is 2.26. The van der Waals surface area contributed by atoms with Crippen molar-refractivity contribution in [3.05, 3.63) is 29.8 Å². The van der Waals surface area contributed by atoms with Crippen LogP contribution in [-0.2, 0) is 11.2 Å². The number of rotatable bonds is 9. The summed E-state index contributed by atoms with van der Waals surface area (Å²) in [7, 11) is 5.21. The third kappa shape index (κ3) is 8.77. The van der Waals surface area contributed by atoms with Gasteiger partial charge < -0.3 is 25.2 Å². The molecule has 1 aromatic carbocycles. The van der Waals surface area contributed by atoms with Crippen LogP contribution in [0.15, 0.2) is 29.3 Å². The summed E-state index contributed by atoms with van der Waals surface area (Å²) in [6.45, 7) is 4.34. The first-order valence-electron chi connectivity index (χ1n) is 11.6. The first kappa shape index (κ1) is 26.7. The standard InChI is InChI=1S/C24H39N5O2.HI/c1-28(2)23(30)16-26-24(25-14-12-19-8-10-22(31-3)11-9-19)27-21-13-15-29(18-21)17-20-6-4-5-7-20;/h8-11,20-21H,4-7,12-18H2,1-3H3,(H2,25,26,27);1H. The third-order valence-electron chi connectivity index (χ3n) is 6.34. The maximum atomic E-state index is 12.0. The minimum atomic E-state index is 0. The number of amides is 1. The average Bonchev–Trinajstić information content (AvgIpc) is 3.44. The van der Waals surface area contributed by atoms with Gasteiger partial charge in [0.25, 0.3) is 0 Å². The van der Waals surface area contributed by atoms with E-state index in [2.05, 4.69) is 32.7 Å². The van der Waals surface area contributed by atoms with Crippen LogP contribution < -0.4 is 15.4 Å². The molecule has 180 valence electrons. The number of hydrogen-bond donors (Lipinski definition) is 2. The molecule has 1 unspecified atom stereocenters. The second kappa shape index (κ2) is 13.9. The Morgan fingerprint density at radius 2 is 1.91 bits per heavy atom. The number of halogens is 1. The highest BCUT2D eigenvalue weighted by Gasteiger charge is 2.26. The normalized spacial score (nSPS) is 19.5. The van der Waals surface area contributed by atoms with Gasteiger partial charge in [-0.25, -0.2) is 4.99 Å². The van der Waals surface area contributed by atoms with Crippen molar-refractivity contribution in [2.24, 2.45) is 10.9 Å². The summed E-state index contributed by atoms with van der Waals surface area (Å²) in [4.78, 5) is 20.8. The van der Waals surface area contributed by atoms with Gasteiger partial charge in [-0.05, 0) is 49.3 Å². The van der Waals surface area contributed by atoms with Crippen molar-refractivity contribution in [2.75, 3.05) is 53.9 Å². The zero-order valence-corrected chi connectivity index (χ0v) is 22.1. The summed E-state index contributed by atoms with van der Waals surface area (Å²) in [5.41, 5.74) is 1.24. The van der Waals surface area contributed by atoms with Crippen LogP contribution in [0.1, 0.15) is 37.7 Å². The van der Waals surface area contributed by atoms with Gasteiger partial charge in [0.2, 0.25) is 5.91 Å². The summed E-state index contributed by atoms with van der Waals surface area (Å²) in [6, 6.07) is 8.50. The fourth-order valence-corrected chi connectivity index (χ4v) is 4.43. The van der Waals surface area contributed by atoms with E-state index in [0.29, 0.717) is 6.04 Å². The van der Waals surface area contributed by atoms with E-state index in [4.69, 9.17) is 4.74 Å². The lowest BCUT2D eigenvalue weighted by Crippen LogP contribution is -2.46. The van der Waals surface area contributed by atoms with E-state index in [0.717, 1.165) is 50.1 Å². The van der Waals surface area contributed by atoms with Gasteiger partial charge in [0.1, 0.15) is 12.3 Å². The molecule has 1 saturated heterocycles. The van der Waals surface area contributed by atoms with E-state index in [1.807, 2.05) is 12.1 Å². The van der Waals surface area contributed by atoms with Crippen molar-refractivity contribution in [3.8, 4) is 5.75 Å². The van der Waals surface area contributed by atoms with E-state index < -0.39 is 0 Å². The number of nitrogens with zero attached hydrogens (tertiary/aromatic N) is 3. The molecule has 1 atom stereocenters. The quantitative estimate of drug-likeness (QED) is 0.278. The molecule has 1 aromatic rings. The number of methoxy groups -OCH3 is 1. The molecule has 1 aliphatic carbocycles. The van der Waals surface area contributed by atoms with Gasteiger partial charge in [0.15, 0.2) is 5.96 Å². The van der Waals surface area contributed by atoms with Crippen molar-refractivity contribution < 1.29 is 9.53 Å². The molecule has 2 N–H and O–H groups in total. The third-order valence-corrected chi connectivity index (χ3v) is 6.34. The molecule has 0 radical (unpaired) electrons. The molecule has 0 spiro atoms. The summed E-state index contributed by atoms with van der Waals surface area (Å²) in [5, 5.41) is 7.00. The monoisotopic (exact) mass is 557 g/mol. The molecule has 32 heavy (non-hydrogen) atoms. The molecule has 0 bridgehead atoms. The maximum Gasteiger partial charge on any atom is 0.243 e. The lowest BCUT2D eigenvalue weighted by atomic mass is 10.1. The zero-order chi connectivity index (χ0) is 22.1. The molecule has 1 aliphatic heterocycles. The minimum Gasteiger partial charge on any atom is -0.497 e. The molecule has 1 amide bonds. The molecule has 3 rings (SSSR count). The van der Waals surface area contributed by atoms with Gasteiger partial charge in [-0.1, -0.05) is 25.0 Å². The Labute approximate surface area is 210 Å². The van der Waals surface area contributed by atoms with E-state index >= 15 is 0 Å². The Bertz CT molecular complexity index is 720. The van der Waals surface area contributed by atoms with Crippen LogP contribution in [0.3, 0.4) is 0 Å². The Morgan fingerprint density at radius 3 is 2.56 bits per heavy atom. The van der Waals surface area contributed by atoms with E-state index in [1.54, 1.807) is 26.1 Å². The highest BCUT2D eigenvalue weighted by molar-refractivity contribution is 14.0. The fraction of sp³-hybridized carbons (Fsp3) is 0.667. The topological polar surface area (TPSA) is 69.2 Å². The number of likely N-dealkylation sites (N-methyl/N-ethyl adjacent to an activating group) is 1. The average molecular weight is 558 g/mol. The number of carbonyl (C=O) groups excluding carboxylic acids is 1. The van der Waals surface area contributed by atoms with Crippen molar-refractivity contribution >= 4 is 35.8 Å². The summed E-state index contributed by atoms with van der Waals surface area (Å²) < 4.78 is 5.23. The van der Waals surface area contributed by atoms with Crippen LogP contribution in [0, 0.1) is 5.92 Å². The van der Waals surface area contributed by atoms with Gasteiger partial charge in [0.05, 0.1) is 7.11 Å². The largest absolute Gasteiger partial charge is 0.497 e. The Morgan fingerprint density at radius 1 is 1.19 bits per heavy atom. The number of nitrogens with one attached hydrogen (secondary N) is 2. The molecule has 0 aromatic heterocycles. The molecule has 1 saturated carbocycles. The van der Waals surface area contributed by atoms with Gasteiger partial charge in [-0.15, -0.1) is 24.0 Å². The van der Waals surface area contributed by atoms with E-state index in [-0.39, 0.29) is 36.4 Å². The smallest absolute Gasteiger partial charge is 0.243 e. The van der Waals surface area contributed by atoms with Crippen molar-refractivity contribution in [1.82, 2.24) is 20.4 Å². The Hall–Kier alpha value is -1.55. The molecule has 2 aliphatic rings. The van der Waals surface area contributed by atoms with Gasteiger partial charge in [-0.2, -0.15) is 0 Å². The Balaban J connectivity index is 0.00000363. The number of likely N-dealkylation sites (tertiary alicyclic amines) is 1. The molecule has 7 nitrogen and oxygen atoms in total. The first-order valence-corrected chi connectivity index (χ1v) is 11.6. The number of carbonyl (C=O) groups is 1. The fourth-order valence-electron chi connectivity index (χ4n) is 4.43. The van der Waals surface area contributed by atoms with Gasteiger partial charge >= 0.3 is 0 Å². The first-order chi connectivity index (χ1) is 15.0. The van der Waals surface area contributed by atoms with Crippen LogP contribution in [-0.4, -0.2) is 81.6 Å². The molecular formula is C24H40IN5O2. The highest BCUT2D eigenvalue weighted by atomic mass is 127. The summed E-state index contributed by atoms with van der Waals surface area (Å²) in [5.74, 6) is 2.49. The van der Waals surface area contributed by atoms with Crippen LogP contribution in [0.5, 0.6) is 5.75 Å². The summed E-state index contributed by atoms with van der Waals surface area (Å²) in [6.07, 6.45) is 7.57. The number of ether oxygens (including phenoxy) is 1. The van der Waals surface area contributed by atoms with E-state index in [1.165, 1.54) is 37.8 Å². The lowest BCUT2D eigenvalue weighted by Gasteiger charge is -2.21. The maximum absolute atomic E-state index is 12.0. The second-order valence-electron chi connectivity index (χ2n) is 9.02. The van der Waals surface area contributed by atoms with Crippen LogP contribution in [0.2, 0.25) is 0 Å².